The maximum atomic E-state index is 13.3. The van der Waals surface area contributed by atoms with Crippen LogP contribution in [0.2, 0.25) is 0 Å². The van der Waals surface area contributed by atoms with Gasteiger partial charge in [-0.1, -0.05) is 15.9 Å². The number of hydrogen-bond donors (Lipinski definition) is 1. The molecule has 4 nitrogen and oxygen atoms in total. The van der Waals surface area contributed by atoms with Gasteiger partial charge >= 0.3 is 0 Å². The van der Waals surface area contributed by atoms with Gasteiger partial charge < -0.3 is 14.8 Å². The smallest absolute Gasteiger partial charge is 0.251 e. The average molecular weight is 358 g/mol. The normalized spacial score (nSPS) is 21.6. The lowest BCUT2D eigenvalue weighted by Crippen LogP contribution is -2.44. The van der Waals surface area contributed by atoms with E-state index in [1.807, 2.05) is 0 Å². The summed E-state index contributed by atoms with van der Waals surface area (Å²) in [5, 5.41) is 2.96. The second-order valence-electron chi connectivity index (χ2n) is 5.51. The van der Waals surface area contributed by atoms with Crippen molar-refractivity contribution >= 4 is 21.8 Å². The maximum absolute atomic E-state index is 13.3. The SMILES string of the molecule is O=C(NC1CCC2(CC1)OCCO2)c1cc(F)cc(Br)c1. The second-order valence-corrected chi connectivity index (χ2v) is 6.43. The summed E-state index contributed by atoms with van der Waals surface area (Å²) in [6, 6.07) is 4.27. The van der Waals surface area contributed by atoms with Crippen LogP contribution in [0.5, 0.6) is 0 Å². The van der Waals surface area contributed by atoms with E-state index in [0.717, 1.165) is 25.7 Å². The van der Waals surface area contributed by atoms with Crippen molar-refractivity contribution in [2.75, 3.05) is 13.2 Å². The molecule has 1 aliphatic carbocycles. The molecule has 2 aliphatic rings. The van der Waals surface area contributed by atoms with E-state index in [4.69, 9.17) is 9.47 Å². The molecule has 0 radical (unpaired) electrons. The van der Waals surface area contributed by atoms with Gasteiger partial charge in [-0.05, 0) is 31.0 Å². The summed E-state index contributed by atoms with van der Waals surface area (Å²) in [6.45, 7) is 1.29. The molecule has 0 aromatic heterocycles. The highest BCUT2D eigenvalue weighted by molar-refractivity contribution is 9.10. The van der Waals surface area contributed by atoms with E-state index in [1.54, 1.807) is 6.07 Å². The van der Waals surface area contributed by atoms with Gasteiger partial charge in [0.25, 0.3) is 5.91 Å². The van der Waals surface area contributed by atoms with Crippen LogP contribution in [0.1, 0.15) is 36.0 Å². The molecular weight excluding hydrogens is 341 g/mol. The number of ether oxygens (including phenoxy) is 2. The summed E-state index contributed by atoms with van der Waals surface area (Å²) in [4.78, 5) is 12.2. The first kappa shape index (κ1) is 14.9. The van der Waals surface area contributed by atoms with Gasteiger partial charge in [-0.2, -0.15) is 0 Å². The molecule has 1 heterocycles. The first-order chi connectivity index (χ1) is 10.1. The summed E-state index contributed by atoms with van der Waals surface area (Å²) >= 11 is 3.19. The van der Waals surface area contributed by atoms with Crippen LogP contribution in [-0.4, -0.2) is 30.9 Å². The first-order valence-corrected chi connectivity index (χ1v) is 7.91. The van der Waals surface area contributed by atoms with Gasteiger partial charge in [0, 0.05) is 28.9 Å². The molecule has 1 saturated heterocycles. The summed E-state index contributed by atoms with van der Waals surface area (Å²) in [5.41, 5.74) is 0.329. The number of benzene rings is 1. The van der Waals surface area contributed by atoms with E-state index in [-0.39, 0.29) is 11.9 Å². The lowest BCUT2D eigenvalue weighted by Gasteiger charge is -2.35. The molecule has 21 heavy (non-hydrogen) atoms. The van der Waals surface area contributed by atoms with Crippen molar-refractivity contribution in [3.05, 3.63) is 34.1 Å². The van der Waals surface area contributed by atoms with Gasteiger partial charge in [0.05, 0.1) is 13.2 Å². The average Bonchev–Trinajstić information content (AvgIpc) is 2.89. The quantitative estimate of drug-likeness (QED) is 0.884. The van der Waals surface area contributed by atoms with Gasteiger partial charge in [0.2, 0.25) is 0 Å². The number of nitrogens with one attached hydrogen (secondary N) is 1. The standard InChI is InChI=1S/C15H17BrFNO3/c16-11-7-10(8-12(17)9-11)14(19)18-13-1-3-15(4-2-13)20-5-6-21-15/h7-9,13H,1-6H2,(H,18,19). The predicted molar refractivity (Wildman–Crippen MR) is 78.5 cm³/mol. The van der Waals surface area contributed by atoms with Gasteiger partial charge in [0.15, 0.2) is 5.79 Å². The van der Waals surface area contributed by atoms with Crippen molar-refractivity contribution in [1.29, 1.82) is 0 Å². The fourth-order valence-corrected chi connectivity index (χ4v) is 3.41. The molecule has 3 rings (SSSR count). The molecule has 0 bridgehead atoms. The monoisotopic (exact) mass is 357 g/mol. The molecule has 1 spiro atoms. The zero-order chi connectivity index (χ0) is 14.9. The van der Waals surface area contributed by atoms with E-state index in [1.165, 1.54) is 12.1 Å². The maximum Gasteiger partial charge on any atom is 0.251 e. The zero-order valence-corrected chi connectivity index (χ0v) is 13.1. The molecule has 1 amide bonds. The molecule has 1 N–H and O–H groups in total. The van der Waals surface area contributed by atoms with Crippen LogP contribution in [0.3, 0.4) is 0 Å². The van der Waals surface area contributed by atoms with E-state index < -0.39 is 11.6 Å². The molecule has 1 aliphatic heterocycles. The lowest BCUT2D eigenvalue weighted by molar-refractivity contribution is -0.179. The van der Waals surface area contributed by atoms with E-state index in [2.05, 4.69) is 21.2 Å². The summed E-state index contributed by atoms with van der Waals surface area (Å²) in [6.07, 6.45) is 3.18. The number of rotatable bonds is 2. The van der Waals surface area contributed by atoms with E-state index in [9.17, 15) is 9.18 Å². The van der Waals surface area contributed by atoms with Crippen LogP contribution in [0.15, 0.2) is 22.7 Å². The first-order valence-electron chi connectivity index (χ1n) is 7.11. The minimum Gasteiger partial charge on any atom is -0.349 e. The lowest BCUT2D eigenvalue weighted by atomic mass is 9.90. The van der Waals surface area contributed by atoms with Crippen molar-refractivity contribution in [3.63, 3.8) is 0 Å². The van der Waals surface area contributed by atoms with Crippen LogP contribution < -0.4 is 5.32 Å². The molecule has 0 unspecified atom stereocenters. The molecule has 6 heteroatoms. The van der Waals surface area contributed by atoms with Crippen molar-refractivity contribution in [1.82, 2.24) is 5.32 Å². The summed E-state index contributed by atoms with van der Waals surface area (Å²) < 4.78 is 25.2. The van der Waals surface area contributed by atoms with Crippen LogP contribution in [0.4, 0.5) is 4.39 Å². The number of amides is 1. The second kappa shape index (κ2) is 6.02. The fourth-order valence-electron chi connectivity index (χ4n) is 2.94. The summed E-state index contributed by atoms with van der Waals surface area (Å²) in [5.74, 6) is -1.10. The molecule has 114 valence electrons. The number of halogens is 2. The van der Waals surface area contributed by atoms with Crippen LogP contribution in [-0.2, 0) is 9.47 Å². The third kappa shape index (κ3) is 3.44. The van der Waals surface area contributed by atoms with Crippen LogP contribution >= 0.6 is 15.9 Å². The number of carbonyl (C=O) groups is 1. The Morgan fingerprint density at radius 1 is 1.24 bits per heavy atom. The Morgan fingerprint density at radius 3 is 2.52 bits per heavy atom. The Kier molecular flexibility index (Phi) is 4.28. The minimum absolute atomic E-state index is 0.0815. The Morgan fingerprint density at radius 2 is 1.90 bits per heavy atom. The third-order valence-corrected chi connectivity index (χ3v) is 4.48. The summed E-state index contributed by atoms with van der Waals surface area (Å²) in [7, 11) is 0. The minimum atomic E-state index is -0.427. The highest BCUT2D eigenvalue weighted by atomic mass is 79.9. The Balaban J connectivity index is 1.58. The van der Waals surface area contributed by atoms with E-state index in [0.29, 0.717) is 23.2 Å². The molecule has 0 atom stereocenters. The van der Waals surface area contributed by atoms with Crippen LogP contribution in [0, 0.1) is 5.82 Å². The van der Waals surface area contributed by atoms with Crippen LogP contribution in [0.25, 0.3) is 0 Å². The third-order valence-electron chi connectivity index (χ3n) is 4.02. The number of hydrogen-bond acceptors (Lipinski definition) is 3. The Bertz CT molecular complexity index is 515. The highest BCUT2D eigenvalue weighted by Gasteiger charge is 2.40. The largest absolute Gasteiger partial charge is 0.349 e. The molecule has 1 aromatic rings. The van der Waals surface area contributed by atoms with Gasteiger partial charge in [-0.25, -0.2) is 4.39 Å². The Labute approximate surface area is 131 Å². The van der Waals surface area contributed by atoms with Gasteiger partial charge in [0.1, 0.15) is 5.82 Å². The zero-order valence-electron chi connectivity index (χ0n) is 11.5. The van der Waals surface area contributed by atoms with E-state index >= 15 is 0 Å². The van der Waals surface area contributed by atoms with Gasteiger partial charge in [-0.3, -0.25) is 4.79 Å². The molecule has 1 saturated carbocycles. The van der Waals surface area contributed by atoms with Crippen molar-refractivity contribution in [2.24, 2.45) is 0 Å². The molecule has 2 fully saturated rings. The molecule has 1 aromatic carbocycles. The molecular formula is C15H17BrFNO3. The van der Waals surface area contributed by atoms with Crippen molar-refractivity contribution in [2.45, 2.75) is 37.5 Å². The van der Waals surface area contributed by atoms with Gasteiger partial charge in [-0.15, -0.1) is 0 Å². The van der Waals surface area contributed by atoms with Crippen molar-refractivity contribution in [3.8, 4) is 0 Å². The number of carbonyl (C=O) groups excluding carboxylic acids is 1. The predicted octanol–water partition coefficient (Wildman–Crippen LogP) is 3.00. The highest BCUT2D eigenvalue weighted by Crippen LogP contribution is 2.35. The Hall–Kier alpha value is -0.980. The van der Waals surface area contributed by atoms with Crippen molar-refractivity contribution < 1.29 is 18.7 Å². The topological polar surface area (TPSA) is 47.6 Å². The fraction of sp³-hybridized carbons (Fsp3) is 0.533.